The first kappa shape index (κ1) is 12.0. The van der Waals surface area contributed by atoms with Crippen molar-refractivity contribution in [3.8, 4) is 0 Å². The molecule has 84 valence electrons. The van der Waals surface area contributed by atoms with Gasteiger partial charge in [-0.1, -0.05) is 13.8 Å². The zero-order valence-corrected chi connectivity index (χ0v) is 9.70. The Kier molecular flexibility index (Phi) is 4.85. The van der Waals surface area contributed by atoms with Crippen molar-refractivity contribution in [1.82, 2.24) is 4.90 Å². The number of piperidine rings is 1. The average molecular weight is 200 g/mol. The van der Waals surface area contributed by atoms with E-state index in [4.69, 9.17) is 10.5 Å². The van der Waals surface area contributed by atoms with Crippen LogP contribution in [0.2, 0.25) is 0 Å². The molecule has 2 atom stereocenters. The first-order chi connectivity index (χ1) is 6.69. The summed E-state index contributed by atoms with van der Waals surface area (Å²) in [5.74, 6) is 0.635. The Labute approximate surface area is 87.6 Å². The molecule has 1 saturated heterocycles. The number of ether oxygens (including phenoxy) is 1. The molecule has 1 aliphatic heterocycles. The van der Waals surface area contributed by atoms with E-state index in [0.29, 0.717) is 18.1 Å². The Balaban J connectivity index is 2.48. The Morgan fingerprint density at radius 2 is 2.21 bits per heavy atom. The van der Waals surface area contributed by atoms with Gasteiger partial charge in [0, 0.05) is 26.2 Å². The van der Waals surface area contributed by atoms with Crippen molar-refractivity contribution in [3.05, 3.63) is 0 Å². The van der Waals surface area contributed by atoms with Crippen molar-refractivity contribution < 1.29 is 4.74 Å². The second-order valence-corrected chi connectivity index (χ2v) is 4.54. The maximum atomic E-state index is 5.81. The number of nitrogens with zero attached hydrogens (tertiary/aromatic N) is 1. The van der Waals surface area contributed by atoms with E-state index in [1.165, 1.54) is 19.4 Å². The number of nitrogens with two attached hydrogens (primary N) is 1. The van der Waals surface area contributed by atoms with Gasteiger partial charge in [0.25, 0.3) is 0 Å². The van der Waals surface area contributed by atoms with Crippen LogP contribution in [-0.2, 0) is 4.74 Å². The Bertz CT molecular complexity index is 161. The molecule has 3 heteroatoms. The second kappa shape index (κ2) is 5.69. The van der Waals surface area contributed by atoms with Gasteiger partial charge in [0.2, 0.25) is 0 Å². The highest BCUT2D eigenvalue weighted by Gasteiger charge is 2.26. The highest BCUT2D eigenvalue weighted by molar-refractivity contribution is 4.81. The fraction of sp³-hybridized carbons (Fsp3) is 1.00. The van der Waals surface area contributed by atoms with Crippen LogP contribution in [0.25, 0.3) is 0 Å². The highest BCUT2D eigenvalue weighted by atomic mass is 16.5. The van der Waals surface area contributed by atoms with E-state index in [2.05, 4.69) is 18.7 Å². The zero-order chi connectivity index (χ0) is 10.6. The molecule has 0 aromatic carbocycles. The lowest BCUT2D eigenvalue weighted by atomic mass is 9.98. The SMILES string of the molecule is COC1CCCN(C(CN)C(C)C)C1. The summed E-state index contributed by atoms with van der Waals surface area (Å²) in [5, 5.41) is 0. The van der Waals surface area contributed by atoms with Gasteiger partial charge in [-0.05, 0) is 25.3 Å². The van der Waals surface area contributed by atoms with Gasteiger partial charge in [0.05, 0.1) is 6.10 Å². The number of likely N-dealkylation sites (tertiary alicyclic amines) is 1. The van der Waals surface area contributed by atoms with Gasteiger partial charge in [0.15, 0.2) is 0 Å². The highest BCUT2D eigenvalue weighted by Crippen LogP contribution is 2.18. The molecule has 1 fully saturated rings. The van der Waals surface area contributed by atoms with E-state index in [-0.39, 0.29) is 0 Å². The van der Waals surface area contributed by atoms with E-state index in [1.807, 2.05) is 0 Å². The summed E-state index contributed by atoms with van der Waals surface area (Å²) >= 11 is 0. The predicted molar refractivity (Wildman–Crippen MR) is 59.3 cm³/mol. The summed E-state index contributed by atoms with van der Waals surface area (Å²) in [5.41, 5.74) is 5.81. The molecule has 2 N–H and O–H groups in total. The van der Waals surface area contributed by atoms with E-state index < -0.39 is 0 Å². The summed E-state index contributed by atoms with van der Waals surface area (Å²) in [6.07, 6.45) is 2.85. The molecule has 1 aliphatic rings. The molecule has 14 heavy (non-hydrogen) atoms. The minimum absolute atomic E-state index is 0.413. The first-order valence-electron chi connectivity index (χ1n) is 5.66. The molecular formula is C11H24N2O. The minimum atomic E-state index is 0.413. The van der Waals surface area contributed by atoms with Crippen molar-refractivity contribution >= 4 is 0 Å². The van der Waals surface area contributed by atoms with Gasteiger partial charge in [0.1, 0.15) is 0 Å². The maximum Gasteiger partial charge on any atom is 0.0698 e. The number of methoxy groups -OCH3 is 1. The molecular weight excluding hydrogens is 176 g/mol. The van der Waals surface area contributed by atoms with E-state index in [9.17, 15) is 0 Å². The molecule has 0 spiro atoms. The Hall–Kier alpha value is -0.120. The Morgan fingerprint density at radius 3 is 2.71 bits per heavy atom. The second-order valence-electron chi connectivity index (χ2n) is 4.54. The molecule has 0 bridgehead atoms. The minimum Gasteiger partial charge on any atom is -0.380 e. The average Bonchev–Trinajstić information content (AvgIpc) is 2.19. The standard InChI is InChI=1S/C11H24N2O/c1-9(2)11(7-12)13-6-4-5-10(8-13)14-3/h9-11H,4-8,12H2,1-3H3. The number of hydrogen-bond donors (Lipinski definition) is 1. The van der Waals surface area contributed by atoms with E-state index in [0.717, 1.165) is 13.1 Å². The third-order valence-electron chi connectivity index (χ3n) is 3.22. The third kappa shape index (κ3) is 2.94. The van der Waals surface area contributed by atoms with Crippen LogP contribution in [-0.4, -0.2) is 43.8 Å². The van der Waals surface area contributed by atoms with Gasteiger partial charge >= 0.3 is 0 Å². The number of rotatable bonds is 4. The van der Waals surface area contributed by atoms with E-state index in [1.54, 1.807) is 7.11 Å². The third-order valence-corrected chi connectivity index (χ3v) is 3.22. The van der Waals surface area contributed by atoms with Crippen LogP contribution in [0.15, 0.2) is 0 Å². The molecule has 2 unspecified atom stereocenters. The zero-order valence-electron chi connectivity index (χ0n) is 9.70. The Morgan fingerprint density at radius 1 is 1.50 bits per heavy atom. The van der Waals surface area contributed by atoms with Gasteiger partial charge in [-0.2, -0.15) is 0 Å². The van der Waals surface area contributed by atoms with Crippen LogP contribution in [0, 0.1) is 5.92 Å². The topological polar surface area (TPSA) is 38.5 Å². The van der Waals surface area contributed by atoms with Gasteiger partial charge in [-0.15, -0.1) is 0 Å². The maximum absolute atomic E-state index is 5.81. The lowest BCUT2D eigenvalue weighted by Gasteiger charge is -2.39. The summed E-state index contributed by atoms with van der Waals surface area (Å²) in [6, 6.07) is 0.521. The van der Waals surface area contributed by atoms with Crippen molar-refractivity contribution in [3.63, 3.8) is 0 Å². The summed E-state index contributed by atoms with van der Waals surface area (Å²) in [6.45, 7) is 7.48. The first-order valence-corrected chi connectivity index (χ1v) is 5.66. The van der Waals surface area contributed by atoms with Crippen molar-refractivity contribution in [1.29, 1.82) is 0 Å². The normalized spacial score (nSPS) is 26.8. The molecule has 0 aromatic heterocycles. The van der Waals surface area contributed by atoms with Gasteiger partial charge in [-0.3, -0.25) is 4.90 Å². The lowest BCUT2D eigenvalue weighted by molar-refractivity contribution is 0.00774. The molecule has 0 radical (unpaired) electrons. The van der Waals surface area contributed by atoms with Crippen LogP contribution in [0.4, 0.5) is 0 Å². The molecule has 0 aliphatic carbocycles. The van der Waals surface area contributed by atoms with Crippen LogP contribution in [0.3, 0.4) is 0 Å². The summed E-state index contributed by atoms with van der Waals surface area (Å²) in [7, 11) is 1.81. The van der Waals surface area contributed by atoms with Crippen LogP contribution in [0.5, 0.6) is 0 Å². The monoisotopic (exact) mass is 200 g/mol. The number of hydrogen-bond acceptors (Lipinski definition) is 3. The molecule has 3 nitrogen and oxygen atoms in total. The van der Waals surface area contributed by atoms with Crippen LogP contribution >= 0.6 is 0 Å². The lowest BCUT2D eigenvalue weighted by Crippen LogP contribution is -2.50. The van der Waals surface area contributed by atoms with Crippen molar-refractivity contribution in [2.75, 3.05) is 26.7 Å². The van der Waals surface area contributed by atoms with Crippen LogP contribution < -0.4 is 5.73 Å². The summed E-state index contributed by atoms with van der Waals surface area (Å²) in [4.78, 5) is 2.49. The molecule has 0 amide bonds. The van der Waals surface area contributed by atoms with Gasteiger partial charge in [-0.25, -0.2) is 0 Å². The molecule has 0 saturated carbocycles. The molecule has 0 aromatic rings. The van der Waals surface area contributed by atoms with Crippen molar-refractivity contribution in [2.24, 2.45) is 11.7 Å². The summed E-state index contributed by atoms with van der Waals surface area (Å²) < 4.78 is 5.41. The smallest absolute Gasteiger partial charge is 0.0698 e. The quantitative estimate of drug-likeness (QED) is 0.738. The molecule has 1 heterocycles. The fourth-order valence-electron chi connectivity index (χ4n) is 2.30. The van der Waals surface area contributed by atoms with Crippen molar-refractivity contribution in [2.45, 2.75) is 38.8 Å². The van der Waals surface area contributed by atoms with Crippen LogP contribution in [0.1, 0.15) is 26.7 Å². The van der Waals surface area contributed by atoms with Gasteiger partial charge < -0.3 is 10.5 Å². The van der Waals surface area contributed by atoms with E-state index >= 15 is 0 Å². The fourth-order valence-corrected chi connectivity index (χ4v) is 2.30. The predicted octanol–water partition coefficient (Wildman–Crippen LogP) is 1.08. The largest absolute Gasteiger partial charge is 0.380 e. The molecule has 1 rings (SSSR count).